The number of pyridine rings is 1. The maximum absolute atomic E-state index is 10.9. The average Bonchev–Trinajstić information content (AvgIpc) is 3.43. The van der Waals surface area contributed by atoms with Crippen molar-refractivity contribution in [3.63, 3.8) is 0 Å². The lowest BCUT2D eigenvalue weighted by molar-refractivity contribution is 0.477. The summed E-state index contributed by atoms with van der Waals surface area (Å²) in [4.78, 5) is 10.3. The van der Waals surface area contributed by atoms with Gasteiger partial charge in [0.2, 0.25) is 0 Å². The quantitative estimate of drug-likeness (QED) is 0.211. The summed E-state index contributed by atoms with van der Waals surface area (Å²) in [7, 11) is 0. The van der Waals surface area contributed by atoms with Gasteiger partial charge < -0.3 is 5.11 Å². The summed E-state index contributed by atoms with van der Waals surface area (Å²) in [5.74, 6) is 1.09. The fraction of sp³-hybridized carbons (Fsp3) is 0.227. The van der Waals surface area contributed by atoms with Gasteiger partial charge in [0.05, 0.1) is 22.2 Å². The molecule has 1 N–H and O–H groups in total. The lowest BCUT2D eigenvalue weighted by Gasteiger charge is -2.23. The van der Waals surface area contributed by atoms with Crippen molar-refractivity contribution in [1.29, 1.82) is 0 Å². The van der Waals surface area contributed by atoms with Crippen LogP contribution in [0, 0.1) is 13.8 Å². The van der Waals surface area contributed by atoms with Crippen molar-refractivity contribution < 1.29 is 5.11 Å². The Hall–Kier alpha value is -5.22. The van der Waals surface area contributed by atoms with E-state index >= 15 is 0 Å². The molecule has 0 radical (unpaired) electrons. The Morgan fingerprint density at radius 3 is 1.94 bits per heavy atom. The van der Waals surface area contributed by atoms with Crippen molar-refractivity contribution in [2.75, 3.05) is 0 Å². The van der Waals surface area contributed by atoms with Crippen molar-refractivity contribution in [2.45, 2.75) is 66.2 Å². The number of hydrogen-bond acceptors (Lipinski definition) is 3. The van der Waals surface area contributed by atoms with E-state index in [4.69, 9.17) is 9.97 Å². The number of aromatic nitrogens is 3. The Labute approximate surface area is 283 Å². The van der Waals surface area contributed by atoms with Gasteiger partial charge in [-0.05, 0) is 88.9 Å². The van der Waals surface area contributed by atoms with Crippen molar-refractivity contribution in [3.8, 4) is 45.1 Å². The van der Waals surface area contributed by atoms with Crippen LogP contribution in [0.4, 0.5) is 0 Å². The molecular weight excluding hydrogens is 587 g/mol. The molecule has 48 heavy (non-hydrogen) atoms. The van der Waals surface area contributed by atoms with Gasteiger partial charge in [0.15, 0.2) is 0 Å². The molecule has 0 aliphatic heterocycles. The Bertz CT molecular complexity index is 2320. The summed E-state index contributed by atoms with van der Waals surface area (Å²) < 4.78 is 2.32. The van der Waals surface area contributed by atoms with Crippen LogP contribution < -0.4 is 0 Å². The molecule has 240 valence electrons. The molecule has 2 aromatic heterocycles. The second-order valence-electron chi connectivity index (χ2n) is 15.1. The predicted octanol–water partition coefficient (Wildman–Crippen LogP) is 11.5. The number of rotatable bonds is 4. The normalized spacial score (nSPS) is 12.2. The molecule has 0 fully saturated rings. The molecule has 0 spiro atoms. The lowest BCUT2D eigenvalue weighted by atomic mass is 9.84. The monoisotopic (exact) mass is 629 g/mol. The highest BCUT2D eigenvalue weighted by molar-refractivity contribution is 5.98. The summed E-state index contributed by atoms with van der Waals surface area (Å²) in [6, 6.07) is 35.8. The van der Waals surface area contributed by atoms with E-state index in [2.05, 4.69) is 127 Å². The second-order valence-corrected chi connectivity index (χ2v) is 15.1. The van der Waals surface area contributed by atoms with Crippen LogP contribution in [-0.4, -0.2) is 19.6 Å². The zero-order chi connectivity index (χ0) is 34.0. The Kier molecular flexibility index (Phi) is 7.51. The fourth-order valence-corrected chi connectivity index (χ4v) is 6.85. The molecule has 5 aromatic carbocycles. The topological polar surface area (TPSA) is 50.9 Å². The number of hydrogen-bond donors (Lipinski definition) is 1. The van der Waals surface area contributed by atoms with Crippen LogP contribution in [0.5, 0.6) is 5.75 Å². The minimum atomic E-state index is -0.0158. The van der Waals surface area contributed by atoms with Gasteiger partial charge in [-0.1, -0.05) is 108 Å². The third-order valence-corrected chi connectivity index (χ3v) is 9.46. The van der Waals surface area contributed by atoms with Gasteiger partial charge in [-0.2, -0.15) is 0 Å². The maximum atomic E-state index is 10.9. The molecule has 7 rings (SSSR count). The van der Waals surface area contributed by atoms with Gasteiger partial charge >= 0.3 is 0 Å². The highest BCUT2D eigenvalue weighted by atomic mass is 16.3. The van der Waals surface area contributed by atoms with E-state index in [9.17, 15) is 5.11 Å². The first-order valence-electron chi connectivity index (χ1n) is 16.7. The maximum Gasteiger partial charge on any atom is 0.145 e. The zero-order valence-corrected chi connectivity index (χ0v) is 29.2. The lowest BCUT2D eigenvalue weighted by Crippen LogP contribution is -2.13. The number of imidazole rings is 1. The fourth-order valence-electron chi connectivity index (χ4n) is 6.85. The largest absolute Gasteiger partial charge is 0.507 e. The Morgan fingerprint density at radius 1 is 0.583 bits per heavy atom. The highest BCUT2D eigenvalue weighted by Crippen LogP contribution is 2.41. The van der Waals surface area contributed by atoms with Crippen LogP contribution in [0.2, 0.25) is 0 Å². The van der Waals surface area contributed by atoms with Crippen molar-refractivity contribution in [3.05, 3.63) is 132 Å². The molecular formula is C44H43N3O. The zero-order valence-electron chi connectivity index (χ0n) is 29.2. The summed E-state index contributed by atoms with van der Waals surface area (Å²) in [6.07, 6.45) is 1.87. The van der Waals surface area contributed by atoms with Crippen molar-refractivity contribution in [2.24, 2.45) is 0 Å². The molecule has 0 unspecified atom stereocenters. The molecule has 0 saturated heterocycles. The SMILES string of the molecule is Cc1cc(C(C)(C)C)cc(C)c1-n1c(-c2cccc(-c3cc(C(C)(C)C)cc4cccnc34)c2)nc2c(-c3ccccc3O)cccc21. The number of aryl methyl sites for hydroxylation is 2. The Balaban J connectivity index is 1.53. The molecule has 7 aromatic rings. The van der Waals surface area contributed by atoms with E-state index in [1.54, 1.807) is 6.07 Å². The van der Waals surface area contributed by atoms with Crippen LogP contribution in [-0.2, 0) is 10.8 Å². The van der Waals surface area contributed by atoms with Crippen LogP contribution in [0.15, 0.2) is 109 Å². The van der Waals surface area contributed by atoms with E-state index in [0.717, 1.165) is 61.3 Å². The smallest absolute Gasteiger partial charge is 0.145 e. The molecule has 0 aliphatic rings. The molecule has 0 amide bonds. The van der Waals surface area contributed by atoms with Gasteiger partial charge in [0.1, 0.15) is 11.6 Å². The minimum Gasteiger partial charge on any atom is -0.507 e. The molecule has 2 heterocycles. The summed E-state index contributed by atoms with van der Waals surface area (Å²) in [6.45, 7) is 17.9. The predicted molar refractivity (Wildman–Crippen MR) is 201 cm³/mol. The van der Waals surface area contributed by atoms with E-state index in [1.807, 2.05) is 36.5 Å². The number of fused-ring (bicyclic) bond motifs is 2. The van der Waals surface area contributed by atoms with Crippen LogP contribution in [0.3, 0.4) is 0 Å². The third-order valence-electron chi connectivity index (χ3n) is 9.46. The number of aromatic hydroxyl groups is 1. The van der Waals surface area contributed by atoms with Crippen LogP contribution in [0.1, 0.15) is 63.8 Å². The molecule has 0 saturated carbocycles. The number of benzene rings is 5. The highest BCUT2D eigenvalue weighted by Gasteiger charge is 2.24. The molecule has 0 bridgehead atoms. The number of nitrogens with zero attached hydrogens (tertiary/aromatic N) is 3. The first kappa shape index (κ1) is 31.4. The van der Waals surface area contributed by atoms with E-state index in [-0.39, 0.29) is 16.6 Å². The van der Waals surface area contributed by atoms with Gasteiger partial charge in [0, 0.05) is 33.8 Å². The number of phenolic OH excluding ortho intramolecular Hbond substituents is 1. The number of para-hydroxylation sites is 2. The van der Waals surface area contributed by atoms with Gasteiger partial charge in [-0.15, -0.1) is 0 Å². The van der Waals surface area contributed by atoms with E-state index in [1.165, 1.54) is 22.3 Å². The second kappa shape index (κ2) is 11.5. The van der Waals surface area contributed by atoms with Gasteiger partial charge in [-0.25, -0.2) is 4.98 Å². The minimum absolute atomic E-state index is 0.0158. The summed E-state index contributed by atoms with van der Waals surface area (Å²) >= 11 is 0. The molecule has 4 heteroatoms. The first-order valence-corrected chi connectivity index (χ1v) is 16.7. The van der Waals surface area contributed by atoms with Crippen LogP contribution in [0.25, 0.3) is 61.3 Å². The average molecular weight is 630 g/mol. The molecule has 0 aliphatic carbocycles. The van der Waals surface area contributed by atoms with Crippen LogP contribution >= 0.6 is 0 Å². The Morgan fingerprint density at radius 2 is 1.23 bits per heavy atom. The van der Waals surface area contributed by atoms with Crippen molar-refractivity contribution in [1.82, 2.24) is 14.5 Å². The molecule has 4 nitrogen and oxygen atoms in total. The summed E-state index contributed by atoms with van der Waals surface area (Å²) in [5.41, 5.74) is 13.8. The molecule has 0 atom stereocenters. The standard InChI is InChI=1S/C44H43N3O/c1-27-22-32(43(3,4)5)23-28(2)41(27)47-37-19-12-18-35(34-17-9-10-20-38(34)48)40(37)46-42(47)31-15-11-14-29(24-31)36-26-33(44(6,7)8)25-30-16-13-21-45-39(30)36/h9-26,48H,1-8H3. The van der Waals surface area contributed by atoms with Crippen molar-refractivity contribution >= 4 is 21.9 Å². The third kappa shape index (κ3) is 5.45. The summed E-state index contributed by atoms with van der Waals surface area (Å²) in [5, 5.41) is 12.1. The van der Waals surface area contributed by atoms with Gasteiger partial charge in [-0.3, -0.25) is 9.55 Å². The van der Waals surface area contributed by atoms with E-state index < -0.39 is 0 Å². The first-order chi connectivity index (χ1) is 22.8. The van der Waals surface area contributed by atoms with Gasteiger partial charge in [0.25, 0.3) is 0 Å². The number of phenols is 1. The van der Waals surface area contributed by atoms with E-state index in [0.29, 0.717) is 0 Å².